The Balaban J connectivity index is 2.50. The molecule has 0 aliphatic carbocycles. The average molecular weight is 263 g/mol. The maximum absolute atomic E-state index is 13.7. The first kappa shape index (κ1) is 13.5. The lowest BCUT2D eigenvalue weighted by Gasteiger charge is -2.11. The molecule has 0 saturated carbocycles. The summed E-state index contributed by atoms with van der Waals surface area (Å²) in [6.07, 6.45) is 0. The van der Waals surface area contributed by atoms with Gasteiger partial charge in [0, 0.05) is 17.7 Å². The van der Waals surface area contributed by atoms with Crippen molar-refractivity contribution in [3.63, 3.8) is 0 Å². The van der Waals surface area contributed by atoms with E-state index < -0.39 is 11.6 Å². The van der Waals surface area contributed by atoms with Crippen LogP contribution in [-0.2, 0) is 6.54 Å². The lowest BCUT2D eigenvalue weighted by molar-refractivity contribution is 0.408. The Labute approximate surface area is 111 Å². The van der Waals surface area contributed by atoms with Gasteiger partial charge >= 0.3 is 0 Å². The van der Waals surface area contributed by atoms with E-state index in [0.29, 0.717) is 12.1 Å². The van der Waals surface area contributed by atoms with E-state index in [4.69, 9.17) is 4.74 Å². The zero-order valence-electron chi connectivity index (χ0n) is 10.8. The molecular formula is C15H15F2NO. The first-order valence-electron chi connectivity index (χ1n) is 5.92. The van der Waals surface area contributed by atoms with Gasteiger partial charge in [0.1, 0.15) is 17.4 Å². The molecule has 0 saturated heterocycles. The third-order valence-electron chi connectivity index (χ3n) is 2.89. The summed E-state index contributed by atoms with van der Waals surface area (Å²) >= 11 is 0. The van der Waals surface area contributed by atoms with Crippen LogP contribution < -0.4 is 10.1 Å². The Hall–Kier alpha value is -1.94. The molecule has 4 heteroatoms. The van der Waals surface area contributed by atoms with Gasteiger partial charge in [-0.3, -0.25) is 0 Å². The van der Waals surface area contributed by atoms with Crippen LogP contribution in [0, 0.1) is 11.6 Å². The molecule has 2 nitrogen and oxygen atoms in total. The van der Waals surface area contributed by atoms with E-state index in [0.717, 1.165) is 23.4 Å². The van der Waals surface area contributed by atoms with Crippen molar-refractivity contribution in [2.45, 2.75) is 6.54 Å². The molecule has 19 heavy (non-hydrogen) atoms. The first-order chi connectivity index (χ1) is 9.15. The molecule has 0 spiro atoms. The summed E-state index contributed by atoms with van der Waals surface area (Å²) in [7, 11) is 3.39. The van der Waals surface area contributed by atoms with E-state index >= 15 is 0 Å². The van der Waals surface area contributed by atoms with Crippen molar-refractivity contribution in [1.29, 1.82) is 0 Å². The highest BCUT2D eigenvalue weighted by Crippen LogP contribution is 2.28. The summed E-state index contributed by atoms with van der Waals surface area (Å²) < 4.78 is 32.2. The number of halogens is 2. The molecule has 0 fully saturated rings. The van der Waals surface area contributed by atoms with Gasteiger partial charge in [-0.15, -0.1) is 0 Å². The van der Waals surface area contributed by atoms with Gasteiger partial charge in [0.25, 0.3) is 0 Å². The fourth-order valence-electron chi connectivity index (χ4n) is 1.99. The van der Waals surface area contributed by atoms with Crippen molar-refractivity contribution < 1.29 is 13.5 Å². The Morgan fingerprint density at radius 1 is 1.11 bits per heavy atom. The molecule has 2 rings (SSSR count). The van der Waals surface area contributed by atoms with Gasteiger partial charge in [-0.2, -0.15) is 0 Å². The first-order valence-corrected chi connectivity index (χ1v) is 5.92. The maximum Gasteiger partial charge on any atom is 0.131 e. The second-order valence-electron chi connectivity index (χ2n) is 4.18. The molecule has 0 unspecified atom stereocenters. The Morgan fingerprint density at radius 2 is 1.89 bits per heavy atom. The van der Waals surface area contributed by atoms with Gasteiger partial charge in [-0.1, -0.05) is 6.07 Å². The monoisotopic (exact) mass is 263 g/mol. The normalized spacial score (nSPS) is 10.5. The van der Waals surface area contributed by atoms with E-state index in [1.807, 2.05) is 7.05 Å². The van der Waals surface area contributed by atoms with E-state index in [1.165, 1.54) is 6.07 Å². The standard InChI is InChI=1S/C15H15F2NO/c1-18-9-11-7-10(3-6-15(11)19-2)13-8-12(16)4-5-14(13)17/h3-8,18H,9H2,1-2H3. The van der Waals surface area contributed by atoms with E-state index in [1.54, 1.807) is 25.3 Å². The van der Waals surface area contributed by atoms with E-state index in [9.17, 15) is 8.78 Å². The minimum Gasteiger partial charge on any atom is -0.496 e. The maximum atomic E-state index is 13.7. The second kappa shape index (κ2) is 5.80. The van der Waals surface area contributed by atoms with Crippen LogP contribution in [0.25, 0.3) is 11.1 Å². The molecule has 0 aliphatic heterocycles. The zero-order valence-corrected chi connectivity index (χ0v) is 10.8. The van der Waals surface area contributed by atoms with Gasteiger partial charge in [0.15, 0.2) is 0 Å². The number of nitrogens with one attached hydrogen (secondary N) is 1. The van der Waals surface area contributed by atoms with Gasteiger partial charge in [-0.05, 0) is 42.9 Å². The molecule has 2 aromatic carbocycles. The predicted octanol–water partition coefficient (Wildman–Crippen LogP) is 3.36. The molecule has 0 radical (unpaired) electrons. The van der Waals surface area contributed by atoms with Crippen molar-refractivity contribution in [1.82, 2.24) is 5.32 Å². The van der Waals surface area contributed by atoms with E-state index in [-0.39, 0.29) is 5.56 Å². The number of methoxy groups -OCH3 is 1. The number of rotatable bonds is 4. The average Bonchev–Trinajstić information content (AvgIpc) is 2.42. The Morgan fingerprint density at radius 3 is 2.58 bits per heavy atom. The van der Waals surface area contributed by atoms with Crippen LogP contribution in [0.3, 0.4) is 0 Å². The number of ether oxygens (including phenoxy) is 1. The fraction of sp³-hybridized carbons (Fsp3) is 0.200. The summed E-state index contributed by atoms with van der Waals surface area (Å²) in [5.41, 5.74) is 1.77. The molecule has 2 aromatic rings. The number of hydrogen-bond donors (Lipinski definition) is 1. The predicted molar refractivity (Wildman–Crippen MR) is 71.1 cm³/mol. The molecule has 0 aliphatic rings. The largest absolute Gasteiger partial charge is 0.496 e. The molecule has 0 aromatic heterocycles. The lowest BCUT2D eigenvalue weighted by atomic mass is 10.0. The summed E-state index contributed by atoms with van der Waals surface area (Å²) in [6.45, 7) is 0.591. The van der Waals surface area contributed by atoms with Crippen LogP contribution in [0.2, 0.25) is 0 Å². The molecule has 0 heterocycles. The molecule has 0 amide bonds. The van der Waals surface area contributed by atoms with Crippen LogP contribution in [0.5, 0.6) is 5.75 Å². The SMILES string of the molecule is CNCc1cc(-c2cc(F)ccc2F)ccc1OC. The highest BCUT2D eigenvalue weighted by atomic mass is 19.1. The summed E-state index contributed by atoms with van der Waals surface area (Å²) in [4.78, 5) is 0. The summed E-state index contributed by atoms with van der Waals surface area (Å²) in [5.74, 6) is -0.181. The fourth-order valence-corrected chi connectivity index (χ4v) is 1.99. The van der Waals surface area contributed by atoms with Gasteiger partial charge in [0.2, 0.25) is 0 Å². The van der Waals surface area contributed by atoms with Crippen LogP contribution >= 0.6 is 0 Å². The molecular weight excluding hydrogens is 248 g/mol. The molecule has 0 atom stereocenters. The third-order valence-corrected chi connectivity index (χ3v) is 2.89. The van der Waals surface area contributed by atoms with Crippen LogP contribution in [0.15, 0.2) is 36.4 Å². The van der Waals surface area contributed by atoms with Crippen molar-refractivity contribution in [3.05, 3.63) is 53.6 Å². The van der Waals surface area contributed by atoms with Crippen molar-refractivity contribution in [2.75, 3.05) is 14.2 Å². The van der Waals surface area contributed by atoms with Crippen LogP contribution in [0.1, 0.15) is 5.56 Å². The number of benzene rings is 2. The van der Waals surface area contributed by atoms with Crippen molar-refractivity contribution in [2.24, 2.45) is 0 Å². The Bertz CT molecular complexity index is 584. The van der Waals surface area contributed by atoms with Gasteiger partial charge < -0.3 is 10.1 Å². The molecule has 100 valence electrons. The second-order valence-corrected chi connectivity index (χ2v) is 4.18. The summed E-state index contributed by atoms with van der Waals surface area (Å²) in [5, 5.41) is 3.02. The molecule has 1 N–H and O–H groups in total. The minimum absolute atomic E-state index is 0.250. The van der Waals surface area contributed by atoms with Crippen LogP contribution in [-0.4, -0.2) is 14.2 Å². The van der Waals surface area contributed by atoms with Crippen molar-refractivity contribution >= 4 is 0 Å². The third kappa shape index (κ3) is 2.90. The highest BCUT2D eigenvalue weighted by Gasteiger charge is 2.10. The smallest absolute Gasteiger partial charge is 0.131 e. The summed E-state index contributed by atoms with van der Waals surface area (Å²) in [6, 6.07) is 8.71. The lowest BCUT2D eigenvalue weighted by Crippen LogP contribution is -2.06. The van der Waals surface area contributed by atoms with Crippen LogP contribution in [0.4, 0.5) is 8.78 Å². The quantitative estimate of drug-likeness (QED) is 0.913. The number of hydrogen-bond acceptors (Lipinski definition) is 2. The van der Waals surface area contributed by atoms with E-state index in [2.05, 4.69) is 5.32 Å². The highest BCUT2D eigenvalue weighted by molar-refractivity contribution is 5.66. The Kier molecular flexibility index (Phi) is 4.12. The van der Waals surface area contributed by atoms with Crippen molar-refractivity contribution in [3.8, 4) is 16.9 Å². The minimum atomic E-state index is -0.456. The van der Waals surface area contributed by atoms with Gasteiger partial charge in [-0.25, -0.2) is 8.78 Å². The van der Waals surface area contributed by atoms with Gasteiger partial charge in [0.05, 0.1) is 7.11 Å². The topological polar surface area (TPSA) is 21.3 Å². The zero-order chi connectivity index (χ0) is 13.8. The molecule has 0 bridgehead atoms.